The molecule has 3 N–H and O–H groups in total. The second kappa shape index (κ2) is 11.2. The van der Waals surface area contributed by atoms with Crippen molar-refractivity contribution in [3.8, 4) is 0 Å². The van der Waals surface area contributed by atoms with Crippen molar-refractivity contribution in [3.05, 3.63) is 54.1 Å². The summed E-state index contributed by atoms with van der Waals surface area (Å²) in [7, 11) is 0. The third-order valence-corrected chi connectivity index (χ3v) is 7.15. The monoisotopic (exact) mass is 466 g/mol. The molecule has 2 aromatic carbocycles. The highest BCUT2D eigenvalue weighted by atomic mass is 32.2. The van der Waals surface area contributed by atoms with Gasteiger partial charge in [-0.05, 0) is 49.1 Å². The van der Waals surface area contributed by atoms with Gasteiger partial charge in [-0.25, -0.2) is 4.79 Å². The molecule has 33 heavy (non-hydrogen) atoms. The van der Waals surface area contributed by atoms with Crippen LogP contribution < -0.4 is 20.9 Å². The summed E-state index contributed by atoms with van der Waals surface area (Å²) in [5, 5.41) is 8.75. The largest absolute Gasteiger partial charge is 0.355 e. The van der Waals surface area contributed by atoms with Crippen LogP contribution >= 0.6 is 11.8 Å². The molecule has 8 heteroatoms. The number of urea groups is 1. The van der Waals surface area contributed by atoms with Crippen LogP contribution in [0.1, 0.15) is 42.5 Å². The number of hydrogen-bond acceptors (Lipinski definition) is 4. The quantitative estimate of drug-likeness (QED) is 0.507. The summed E-state index contributed by atoms with van der Waals surface area (Å²) in [6.07, 6.45) is 6.20. The molecule has 4 rings (SSSR count). The summed E-state index contributed by atoms with van der Waals surface area (Å²) >= 11 is 1.37. The average molecular weight is 467 g/mol. The third kappa shape index (κ3) is 6.28. The lowest BCUT2D eigenvalue weighted by molar-refractivity contribution is -0.118. The van der Waals surface area contributed by atoms with Crippen LogP contribution in [-0.4, -0.2) is 43.2 Å². The maximum atomic E-state index is 13.0. The SMILES string of the molecule is O=C(CSc1ccccc1C(=O)Nc1cccc(N2CCNC2=O)c1)NCC1CCCCC1. The highest BCUT2D eigenvalue weighted by molar-refractivity contribution is 8.00. The van der Waals surface area contributed by atoms with Gasteiger partial charge < -0.3 is 16.0 Å². The van der Waals surface area contributed by atoms with Gasteiger partial charge >= 0.3 is 6.03 Å². The van der Waals surface area contributed by atoms with Crippen molar-refractivity contribution in [1.82, 2.24) is 10.6 Å². The van der Waals surface area contributed by atoms with Gasteiger partial charge in [0.25, 0.3) is 5.91 Å². The van der Waals surface area contributed by atoms with Crippen molar-refractivity contribution < 1.29 is 14.4 Å². The van der Waals surface area contributed by atoms with Crippen molar-refractivity contribution >= 4 is 41.0 Å². The Balaban J connectivity index is 1.34. The van der Waals surface area contributed by atoms with Crippen LogP contribution in [0, 0.1) is 5.92 Å². The minimum absolute atomic E-state index is 0.00243. The van der Waals surface area contributed by atoms with E-state index in [-0.39, 0.29) is 23.6 Å². The fourth-order valence-corrected chi connectivity index (χ4v) is 5.17. The second-order valence-electron chi connectivity index (χ2n) is 8.48. The molecule has 1 heterocycles. The molecule has 2 aliphatic rings. The van der Waals surface area contributed by atoms with Crippen molar-refractivity contribution in [2.45, 2.75) is 37.0 Å². The van der Waals surface area contributed by atoms with Gasteiger partial charge in [0.05, 0.1) is 11.3 Å². The average Bonchev–Trinajstić information content (AvgIpc) is 3.28. The number of rotatable bonds is 8. The van der Waals surface area contributed by atoms with Crippen LogP contribution in [0.15, 0.2) is 53.4 Å². The van der Waals surface area contributed by atoms with Crippen molar-refractivity contribution in [3.63, 3.8) is 0 Å². The Morgan fingerprint density at radius 2 is 1.88 bits per heavy atom. The first-order valence-corrected chi connectivity index (χ1v) is 12.5. The summed E-state index contributed by atoms with van der Waals surface area (Å²) in [6, 6.07) is 14.4. The molecule has 0 unspecified atom stereocenters. The molecular weight excluding hydrogens is 436 g/mol. The molecule has 7 nitrogen and oxygen atoms in total. The molecule has 4 amide bonds. The van der Waals surface area contributed by atoms with Gasteiger partial charge in [0.1, 0.15) is 0 Å². The number of amides is 4. The van der Waals surface area contributed by atoms with E-state index >= 15 is 0 Å². The number of nitrogens with zero attached hydrogens (tertiary/aromatic N) is 1. The minimum atomic E-state index is -0.247. The standard InChI is InChI=1S/C25H30N4O3S/c30-23(27-16-18-7-2-1-3-8-18)17-33-22-12-5-4-11-21(22)24(31)28-19-9-6-10-20(15-19)29-14-13-26-25(29)32/h4-6,9-12,15,18H,1-3,7-8,13-14,16-17H2,(H,26,32)(H,27,30)(H,28,31). The zero-order valence-electron chi connectivity index (χ0n) is 18.6. The smallest absolute Gasteiger partial charge is 0.321 e. The molecule has 1 saturated carbocycles. The van der Waals surface area contributed by atoms with Crippen LogP contribution in [0.4, 0.5) is 16.2 Å². The van der Waals surface area contributed by atoms with E-state index in [0.29, 0.717) is 30.3 Å². The van der Waals surface area contributed by atoms with Gasteiger partial charge in [0, 0.05) is 35.9 Å². The van der Waals surface area contributed by atoms with E-state index in [9.17, 15) is 14.4 Å². The van der Waals surface area contributed by atoms with Gasteiger partial charge in [-0.1, -0.05) is 37.5 Å². The van der Waals surface area contributed by atoms with Gasteiger partial charge in [-0.2, -0.15) is 0 Å². The Hall–Kier alpha value is -3.00. The molecule has 2 aromatic rings. The topological polar surface area (TPSA) is 90.5 Å². The highest BCUT2D eigenvalue weighted by Crippen LogP contribution is 2.26. The number of hydrogen-bond donors (Lipinski definition) is 3. The lowest BCUT2D eigenvalue weighted by Gasteiger charge is -2.21. The normalized spacial score (nSPS) is 16.4. The van der Waals surface area contributed by atoms with E-state index in [1.807, 2.05) is 30.3 Å². The summed E-state index contributed by atoms with van der Waals surface area (Å²) in [5.41, 5.74) is 1.87. The number of benzene rings is 2. The number of nitrogens with one attached hydrogen (secondary N) is 3. The lowest BCUT2D eigenvalue weighted by Crippen LogP contribution is -2.31. The maximum Gasteiger partial charge on any atom is 0.321 e. The molecule has 0 bridgehead atoms. The number of thioether (sulfide) groups is 1. The minimum Gasteiger partial charge on any atom is -0.355 e. The Bertz CT molecular complexity index is 1010. The first-order valence-electron chi connectivity index (χ1n) is 11.6. The molecule has 174 valence electrons. The molecule has 0 atom stereocenters. The molecule has 1 aliphatic carbocycles. The third-order valence-electron chi connectivity index (χ3n) is 6.08. The predicted octanol–water partition coefficient (Wildman–Crippen LogP) is 4.26. The van der Waals surface area contributed by atoms with Crippen LogP contribution in [-0.2, 0) is 4.79 Å². The van der Waals surface area contributed by atoms with Crippen molar-refractivity contribution in [1.29, 1.82) is 0 Å². The summed E-state index contributed by atoms with van der Waals surface area (Å²) in [4.78, 5) is 39.7. The Morgan fingerprint density at radius 1 is 1.06 bits per heavy atom. The van der Waals surface area contributed by atoms with E-state index in [4.69, 9.17) is 0 Å². The number of carbonyl (C=O) groups is 3. The Kier molecular flexibility index (Phi) is 7.88. The summed E-state index contributed by atoms with van der Waals surface area (Å²) < 4.78 is 0. The molecule has 0 aromatic heterocycles. The molecule has 2 fully saturated rings. The van der Waals surface area contributed by atoms with E-state index in [1.165, 1.54) is 43.9 Å². The van der Waals surface area contributed by atoms with E-state index < -0.39 is 0 Å². The second-order valence-corrected chi connectivity index (χ2v) is 9.50. The summed E-state index contributed by atoms with van der Waals surface area (Å²) in [5.74, 6) is 0.616. The number of carbonyl (C=O) groups excluding carboxylic acids is 3. The first-order chi connectivity index (χ1) is 16.1. The first kappa shape index (κ1) is 23.2. The zero-order chi connectivity index (χ0) is 23.0. The van der Waals surface area contributed by atoms with Crippen molar-refractivity contribution in [2.24, 2.45) is 5.92 Å². The van der Waals surface area contributed by atoms with Crippen LogP contribution in [0.2, 0.25) is 0 Å². The predicted molar refractivity (Wildman–Crippen MR) is 132 cm³/mol. The molecule has 1 saturated heterocycles. The zero-order valence-corrected chi connectivity index (χ0v) is 19.5. The Labute approximate surface area is 198 Å². The van der Waals surface area contributed by atoms with Gasteiger partial charge in [-0.15, -0.1) is 11.8 Å². The van der Waals surface area contributed by atoms with E-state index in [0.717, 1.165) is 17.1 Å². The molecule has 0 radical (unpaired) electrons. The lowest BCUT2D eigenvalue weighted by atomic mass is 9.89. The molecule has 0 spiro atoms. The summed E-state index contributed by atoms with van der Waals surface area (Å²) in [6.45, 7) is 1.94. The maximum absolute atomic E-state index is 13.0. The van der Waals surface area contributed by atoms with Crippen LogP contribution in [0.3, 0.4) is 0 Å². The Morgan fingerprint density at radius 3 is 2.67 bits per heavy atom. The van der Waals surface area contributed by atoms with E-state index in [2.05, 4.69) is 16.0 Å². The fraction of sp³-hybridized carbons (Fsp3) is 0.400. The fourth-order valence-electron chi connectivity index (χ4n) is 4.29. The molecule has 1 aliphatic heterocycles. The van der Waals surface area contributed by atoms with Gasteiger partial charge in [-0.3, -0.25) is 14.5 Å². The van der Waals surface area contributed by atoms with Crippen molar-refractivity contribution in [2.75, 3.05) is 35.6 Å². The van der Waals surface area contributed by atoms with E-state index in [1.54, 1.807) is 23.1 Å². The number of anilines is 2. The van der Waals surface area contributed by atoms with Crippen LogP contribution in [0.25, 0.3) is 0 Å². The molecular formula is C25H30N4O3S. The highest BCUT2D eigenvalue weighted by Gasteiger charge is 2.21. The van der Waals surface area contributed by atoms with Gasteiger partial charge in [0.15, 0.2) is 0 Å². The van der Waals surface area contributed by atoms with Gasteiger partial charge in [0.2, 0.25) is 5.91 Å². The van der Waals surface area contributed by atoms with Crippen LogP contribution in [0.5, 0.6) is 0 Å².